The highest BCUT2D eigenvalue weighted by atomic mass is 32.2. The van der Waals surface area contributed by atoms with Gasteiger partial charge in [-0.15, -0.1) is 0 Å². The molecule has 0 aromatic heterocycles. The summed E-state index contributed by atoms with van der Waals surface area (Å²) in [5.41, 5.74) is 0.241. The van der Waals surface area contributed by atoms with Crippen LogP contribution < -0.4 is 14.2 Å². The van der Waals surface area contributed by atoms with Crippen LogP contribution in [0.5, 0.6) is 11.5 Å². The van der Waals surface area contributed by atoms with Crippen LogP contribution in [0.25, 0.3) is 0 Å². The second-order valence-corrected chi connectivity index (χ2v) is 7.61. The number of benzene rings is 2. The molecule has 0 heterocycles. The average molecular weight is 403 g/mol. The number of hydrogen-bond donors (Lipinski definition) is 1. The van der Waals surface area contributed by atoms with Crippen molar-refractivity contribution in [3.05, 3.63) is 46.5 Å². The molecule has 0 unspecified atom stereocenters. The molecule has 148 valence electrons. The zero-order valence-electron chi connectivity index (χ0n) is 15.5. The minimum absolute atomic E-state index is 0.00479. The summed E-state index contributed by atoms with van der Waals surface area (Å²) in [5, 5.41) is 0. The fourth-order valence-electron chi connectivity index (χ4n) is 2.85. The van der Waals surface area contributed by atoms with Gasteiger partial charge in [-0.2, -0.15) is 13.2 Å². The maximum Gasteiger partial charge on any atom is 0.420 e. The maximum atomic E-state index is 13.2. The van der Waals surface area contributed by atoms with Crippen molar-refractivity contribution in [2.45, 2.75) is 31.8 Å². The van der Waals surface area contributed by atoms with Gasteiger partial charge >= 0.3 is 6.18 Å². The summed E-state index contributed by atoms with van der Waals surface area (Å²) in [4.78, 5) is 0.00479. The summed E-state index contributed by atoms with van der Waals surface area (Å²) in [5.74, 6) is 0.144. The van der Waals surface area contributed by atoms with E-state index in [1.165, 1.54) is 13.2 Å². The van der Waals surface area contributed by atoms with E-state index in [1.807, 2.05) is 0 Å². The van der Waals surface area contributed by atoms with E-state index >= 15 is 0 Å². The predicted molar refractivity (Wildman–Crippen MR) is 96.0 cm³/mol. The van der Waals surface area contributed by atoms with Gasteiger partial charge in [0.2, 0.25) is 0 Å². The van der Waals surface area contributed by atoms with Crippen LogP contribution in [0, 0.1) is 20.8 Å². The normalized spacial score (nSPS) is 12.0. The van der Waals surface area contributed by atoms with Gasteiger partial charge in [0.25, 0.3) is 10.0 Å². The van der Waals surface area contributed by atoms with Gasteiger partial charge in [-0.1, -0.05) is 0 Å². The smallest absolute Gasteiger partial charge is 0.420 e. The van der Waals surface area contributed by atoms with E-state index in [4.69, 9.17) is 9.47 Å². The Labute approximate surface area is 156 Å². The van der Waals surface area contributed by atoms with E-state index in [-0.39, 0.29) is 10.6 Å². The molecule has 0 radical (unpaired) electrons. The summed E-state index contributed by atoms with van der Waals surface area (Å²) in [6.07, 6.45) is -4.69. The molecule has 2 aromatic carbocycles. The number of halogens is 3. The Morgan fingerprint density at radius 2 is 1.52 bits per heavy atom. The topological polar surface area (TPSA) is 64.6 Å². The number of aryl methyl sites for hydroxylation is 1. The molecule has 0 aliphatic rings. The first-order chi connectivity index (χ1) is 12.4. The molecule has 27 heavy (non-hydrogen) atoms. The van der Waals surface area contributed by atoms with Crippen molar-refractivity contribution in [2.24, 2.45) is 0 Å². The second-order valence-electron chi connectivity index (χ2n) is 5.99. The van der Waals surface area contributed by atoms with Gasteiger partial charge in [0.05, 0.1) is 24.7 Å². The standard InChI is InChI=1S/C18H20F3NO4S/c1-10-8-16(26-5)11(2)12(3)17(10)27(23,24)22-13-6-7-15(25-4)14(9-13)18(19,20)21/h6-9,22H,1-5H3. The number of hydrogen-bond acceptors (Lipinski definition) is 4. The molecule has 0 bridgehead atoms. The molecule has 0 saturated heterocycles. The van der Waals surface area contributed by atoms with E-state index in [1.54, 1.807) is 26.8 Å². The van der Waals surface area contributed by atoms with Crippen molar-refractivity contribution in [1.82, 2.24) is 0 Å². The first-order valence-corrected chi connectivity index (χ1v) is 9.33. The molecule has 5 nitrogen and oxygen atoms in total. The van der Waals surface area contributed by atoms with Crippen molar-refractivity contribution in [3.63, 3.8) is 0 Å². The maximum absolute atomic E-state index is 13.2. The van der Waals surface area contributed by atoms with Crippen LogP contribution >= 0.6 is 0 Å². The predicted octanol–water partition coefficient (Wildman–Crippen LogP) is 4.45. The van der Waals surface area contributed by atoms with Gasteiger partial charge in [0, 0.05) is 5.69 Å². The van der Waals surface area contributed by atoms with Gasteiger partial charge in [0.1, 0.15) is 11.5 Å². The third kappa shape index (κ3) is 4.13. The highest BCUT2D eigenvalue weighted by molar-refractivity contribution is 7.92. The Hall–Kier alpha value is -2.42. The molecular formula is C18H20F3NO4S. The molecule has 1 N–H and O–H groups in total. The lowest BCUT2D eigenvalue weighted by Crippen LogP contribution is -2.17. The lowest BCUT2D eigenvalue weighted by Gasteiger charge is -2.18. The highest BCUT2D eigenvalue weighted by Gasteiger charge is 2.35. The minimum atomic E-state index is -4.69. The van der Waals surface area contributed by atoms with Crippen LogP contribution in [0.3, 0.4) is 0 Å². The largest absolute Gasteiger partial charge is 0.496 e. The summed E-state index contributed by atoms with van der Waals surface area (Å²) in [7, 11) is -1.53. The quantitative estimate of drug-likeness (QED) is 0.801. The third-order valence-corrected chi connectivity index (χ3v) is 5.89. The number of alkyl halides is 3. The van der Waals surface area contributed by atoms with Crippen molar-refractivity contribution < 1.29 is 31.1 Å². The number of sulfonamides is 1. The monoisotopic (exact) mass is 403 g/mol. The number of rotatable bonds is 5. The van der Waals surface area contributed by atoms with Crippen LogP contribution in [-0.2, 0) is 16.2 Å². The molecule has 9 heteroatoms. The second kappa shape index (κ2) is 7.30. The average Bonchev–Trinajstić information content (AvgIpc) is 2.56. The number of methoxy groups -OCH3 is 2. The highest BCUT2D eigenvalue weighted by Crippen LogP contribution is 2.38. The van der Waals surface area contributed by atoms with Crippen molar-refractivity contribution in [1.29, 1.82) is 0 Å². The van der Waals surface area contributed by atoms with Crippen molar-refractivity contribution >= 4 is 15.7 Å². The lowest BCUT2D eigenvalue weighted by molar-refractivity contribution is -0.138. The molecular weight excluding hydrogens is 383 g/mol. The Morgan fingerprint density at radius 1 is 0.926 bits per heavy atom. The Morgan fingerprint density at radius 3 is 2.04 bits per heavy atom. The van der Waals surface area contributed by atoms with E-state index < -0.39 is 27.5 Å². The first kappa shape index (κ1) is 20.9. The van der Waals surface area contributed by atoms with Crippen LogP contribution in [0.15, 0.2) is 29.2 Å². The van der Waals surface area contributed by atoms with Crippen molar-refractivity contribution in [2.75, 3.05) is 18.9 Å². The zero-order valence-corrected chi connectivity index (χ0v) is 16.3. The molecule has 2 aromatic rings. The van der Waals surface area contributed by atoms with Gasteiger partial charge < -0.3 is 9.47 Å². The lowest BCUT2D eigenvalue weighted by atomic mass is 10.1. The van der Waals surface area contributed by atoms with Crippen molar-refractivity contribution in [3.8, 4) is 11.5 Å². The molecule has 2 rings (SSSR count). The minimum Gasteiger partial charge on any atom is -0.496 e. The van der Waals surface area contributed by atoms with Gasteiger partial charge in [0.15, 0.2) is 0 Å². The Bertz CT molecular complexity index is 970. The SMILES string of the molecule is COc1ccc(NS(=O)(=O)c2c(C)cc(OC)c(C)c2C)cc1C(F)(F)F. The van der Waals surface area contributed by atoms with Gasteiger partial charge in [-0.05, 0) is 61.7 Å². The Balaban J connectivity index is 2.54. The number of anilines is 1. The number of nitrogens with one attached hydrogen (secondary N) is 1. The summed E-state index contributed by atoms with van der Waals surface area (Å²) >= 11 is 0. The van der Waals surface area contributed by atoms with Crippen LogP contribution in [0.4, 0.5) is 18.9 Å². The van der Waals surface area contributed by atoms with Crippen LogP contribution in [0.2, 0.25) is 0 Å². The van der Waals surface area contributed by atoms with Crippen LogP contribution in [-0.4, -0.2) is 22.6 Å². The van der Waals surface area contributed by atoms with Crippen LogP contribution in [0.1, 0.15) is 22.3 Å². The molecule has 0 saturated carbocycles. The molecule has 0 amide bonds. The summed E-state index contributed by atoms with van der Waals surface area (Å²) in [6.45, 7) is 4.93. The summed E-state index contributed by atoms with van der Waals surface area (Å²) in [6, 6.07) is 4.57. The van der Waals surface area contributed by atoms with Gasteiger partial charge in [-0.3, -0.25) is 4.72 Å². The van der Waals surface area contributed by atoms with E-state index in [0.29, 0.717) is 28.5 Å². The third-order valence-electron chi connectivity index (χ3n) is 4.22. The zero-order chi connectivity index (χ0) is 20.6. The fraction of sp³-hybridized carbons (Fsp3) is 0.333. The fourth-order valence-corrected chi connectivity index (χ4v) is 4.42. The Kier molecular flexibility index (Phi) is 5.65. The van der Waals surface area contributed by atoms with E-state index in [9.17, 15) is 21.6 Å². The molecule has 0 fully saturated rings. The molecule has 0 aliphatic carbocycles. The molecule has 0 atom stereocenters. The first-order valence-electron chi connectivity index (χ1n) is 7.85. The van der Waals surface area contributed by atoms with Gasteiger partial charge in [-0.25, -0.2) is 8.42 Å². The number of ether oxygens (including phenoxy) is 2. The molecule has 0 aliphatic heterocycles. The molecule has 0 spiro atoms. The van der Waals surface area contributed by atoms with E-state index in [0.717, 1.165) is 13.2 Å². The summed E-state index contributed by atoms with van der Waals surface area (Å²) < 4.78 is 77.3. The van der Waals surface area contributed by atoms with E-state index in [2.05, 4.69) is 4.72 Å².